The number of esters is 1. The Kier molecular flexibility index (Phi) is 4.25. The molecule has 0 spiro atoms. The van der Waals surface area contributed by atoms with E-state index in [1.54, 1.807) is 39.0 Å². The fourth-order valence-electron chi connectivity index (χ4n) is 2.69. The Bertz CT molecular complexity index is 971. The molecule has 0 N–H and O–H groups in total. The molecule has 3 rings (SSSR count). The Labute approximate surface area is 138 Å². The van der Waals surface area contributed by atoms with Crippen LogP contribution in [0.3, 0.4) is 0 Å². The minimum absolute atomic E-state index is 0.296. The van der Waals surface area contributed by atoms with Gasteiger partial charge in [-0.25, -0.2) is 9.59 Å². The highest BCUT2D eigenvalue weighted by Crippen LogP contribution is 2.31. The molecule has 0 aliphatic heterocycles. The van der Waals surface area contributed by atoms with Crippen LogP contribution in [0.4, 0.5) is 0 Å². The number of ether oxygens (including phenoxy) is 2. The van der Waals surface area contributed by atoms with Crippen LogP contribution in [0.5, 0.6) is 5.75 Å². The van der Waals surface area contributed by atoms with Gasteiger partial charge < -0.3 is 13.9 Å². The van der Waals surface area contributed by atoms with Crippen LogP contribution in [-0.4, -0.2) is 18.7 Å². The fourth-order valence-corrected chi connectivity index (χ4v) is 2.69. The zero-order valence-electron chi connectivity index (χ0n) is 13.8. The summed E-state index contributed by atoms with van der Waals surface area (Å²) in [7, 11) is 0. The van der Waals surface area contributed by atoms with E-state index in [1.165, 1.54) is 0 Å². The van der Waals surface area contributed by atoms with Crippen molar-refractivity contribution in [2.24, 2.45) is 0 Å². The second-order valence-corrected chi connectivity index (χ2v) is 5.51. The zero-order chi connectivity index (χ0) is 17.3. The van der Waals surface area contributed by atoms with E-state index in [2.05, 4.69) is 0 Å². The number of rotatable bonds is 4. The van der Waals surface area contributed by atoms with E-state index < -0.39 is 17.7 Å². The van der Waals surface area contributed by atoms with E-state index in [1.807, 2.05) is 18.2 Å². The number of benzene rings is 2. The summed E-state index contributed by atoms with van der Waals surface area (Å²) >= 11 is 0. The Morgan fingerprint density at radius 1 is 1.12 bits per heavy atom. The molecule has 0 aliphatic rings. The summed E-state index contributed by atoms with van der Waals surface area (Å²) in [6, 6.07) is 10.9. The number of fused-ring (bicyclic) bond motifs is 3. The first-order valence-electron chi connectivity index (χ1n) is 7.81. The summed E-state index contributed by atoms with van der Waals surface area (Å²) in [6.07, 6.45) is -0.742. The van der Waals surface area contributed by atoms with Gasteiger partial charge in [0.25, 0.3) is 0 Å². The van der Waals surface area contributed by atoms with Gasteiger partial charge in [0.2, 0.25) is 0 Å². The summed E-state index contributed by atoms with van der Waals surface area (Å²) in [5.41, 5.74) is 0.746. The van der Waals surface area contributed by atoms with E-state index in [0.717, 1.165) is 10.8 Å². The van der Waals surface area contributed by atoms with E-state index in [-0.39, 0.29) is 0 Å². The van der Waals surface area contributed by atoms with E-state index in [4.69, 9.17) is 13.9 Å². The van der Waals surface area contributed by atoms with Crippen LogP contribution in [0.15, 0.2) is 45.6 Å². The molecule has 1 atom stereocenters. The molecular formula is C19H18O5. The maximum atomic E-state index is 12.2. The molecule has 124 valence electrons. The maximum Gasteiger partial charge on any atom is 0.347 e. The smallest absolute Gasteiger partial charge is 0.347 e. The SMILES string of the molecule is CCOC(=O)[C@H](C)Oc1ccc2c(oc(=O)c3ccccc32)c1C. The Hall–Kier alpha value is -2.82. The molecule has 3 aromatic rings. The molecule has 0 saturated carbocycles. The lowest BCUT2D eigenvalue weighted by Gasteiger charge is -2.16. The topological polar surface area (TPSA) is 65.7 Å². The second kappa shape index (κ2) is 6.35. The van der Waals surface area contributed by atoms with Crippen molar-refractivity contribution in [2.45, 2.75) is 26.9 Å². The molecule has 24 heavy (non-hydrogen) atoms. The van der Waals surface area contributed by atoms with Gasteiger partial charge in [0.05, 0.1) is 12.0 Å². The largest absolute Gasteiger partial charge is 0.479 e. The third kappa shape index (κ3) is 2.73. The third-order valence-corrected chi connectivity index (χ3v) is 3.91. The number of hydrogen-bond acceptors (Lipinski definition) is 5. The third-order valence-electron chi connectivity index (χ3n) is 3.91. The summed E-state index contributed by atoms with van der Waals surface area (Å²) in [5, 5.41) is 2.20. The molecule has 5 heteroatoms. The monoisotopic (exact) mass is 326 g/mol. The summed E-state index contributed by atoms with van der Waals surface area (Å²) in [6.45, 7) is 5.46. The fraction of sp³-hybridized carbons (Fsp3) is 0.263. The number of aryl methyl sites for hydroxylation is 1. The predicted molar refractivity (Wildman–Crippen MR) is 91.5 cm³/mol. The molecule has 1 aromatic heterocycles. The van der Waals surface area contributed by atoms with Crippen LogP contribution >= 0.6 is 0 Å². The first-order valence-corrected chi connectivity index (χ1v) is 7.81. The first kappa shape index (κ1) is 16.1. The Morgan fingerprint density at radius 3 is 2.54 bits per heavy atom. The standard InChI is InChI=1S/C19H18O5/c1-4-22-18(20)12(3)23-16-10-9-14-13-7-5-6-8-15(13)19(21)24-17(14)11(16)2/h5-10,12H,4H2,1-3H3/t12-/m0/s1. The van der Waals surface area contributed by atoms with Gasteiger partial charge in [-0.1, -0.05) is 18.2 Å². The highest BCUT2D eigenvalue weighted by atomic mass is 16.6. The summed E-state index contributed by atoms with van der Waals surface area (Å²) < 4.78 is 16.1. The lowest BCUT2D eigenvalue weighted by Crippen LogP contribution is -2.26. The highest BCUT2D eigenvalue weighted by molar-refractivity contribution is 6.05. The second-order valence-electron chi connectivity index (χ2n) is 5.51. The van der Waals surface area contributed by atoms with Gasteiger partial charge in [-0.3, -0.25) is 0 Å². The van der Waals surface area contributed by atoms with Gasteiger partial charge >= 0.3 is 11.6 Å². The van der Waals surface area contributed by atoms with Crippen LogP contribution in [0.2, 0.25) is 0 Å². The molecule has 2 aromatic carbocycles. The lowest BCUT2D eigenvalue weighted by molar-refractivity contribution is -0.150. The maximum absolute atomic E-state index is 12.2. The van der Waals surface area contributed by atoms with E-state index in [0.29, 0.717) is 28.9 Å². The van der Waals surface area contributed by atoms with Crippen molar-refractivity contribution in [3.8, 4) is 5.75 Å². The quantitative estimate of drug-likeness (QED) is 0.416. The first-order chi connectivity index (χ1) is 11.5. The molecule has 0 radical (unpaired) electrons. The molecular weight excluding hydrogens is 308 g/mol. The van der Waals surface area contributed by atoms with Crippen LogP contribution < -0.4 is 10.4 Å². The number of carbonyl (C=O) groups excluding carboxylic acids is 1. The highest BCUT2D eigenvalue weighted by Gasteiger charge is 2.19. The molecule has 0 aliphatic carbocycles. The van der Waals surface area contributed by atoms with Crippen LogP contribution in [0, 0.1) is 6.92 Å². The predicted octanol–water partition coefficient (Wildman–Crippen LogP) is 3.59. The molecule has 0 amide bonds. The van der Waals surface area contributed by atoms with E-state index in [9.17, 15) is 9.59 Å². The van der Waals surface area contributed by atoms with E-state index >= 15 is 0 Å². The minimum atomic E-state index is -0.742. The van der Waals surface area contributed by atoms with Crippen LogP contribution in [0.25, 0.3) is 21.7 Å². The zero-order valence-corrected chi connectivity index (χ0v) is 13.8. The van der Waals surface area contributed by atoms with Gasteiger partial charge in [-0.05, 0) is 44.4 Å². The molecule has 0 saturated heterocycles. The summed E-state index contributed by atoms with van der Waals surface area (Å²) in [4.78, 5) is 23.9. The molecule has 0 fully saturated rings. The number of hydrogen-bond donors (Lipinski definition) is 0. The normalized spacial score (nSPS) is 12.3. The average Bonchev–Trinajstić information content (AvgIpc) is 2.58. The van der Waals surface area contributed by atoms with Gasteiger partial charge in [-0.15, -0.1) is 0 Å². The van der Waals surface area contributed by atoms with Crippen LogP contribution in [-0.2, 0) is 9.53 Å². The van der Waals surface area contributed by atoms with Gasteiger partial charge in [0.1, 0.15) is 11.3 Å². The average molecular weight is 326 g/mol. The Morgan fingerprint density at radius 2 is 1.83 bits per heavy atom. The molecule has 0 unspecified atom stereocenters. The van der Waals surface area contributed by atoms with Crippen molar-refractivity contribution >= 4 is 27.7 Å². The molecule has 1 heterocycles. The number of carbonyl (C=O) groups is 1. The molecule has 5 nitrogen and oxygen atoms in total. The van der Waals surface area contributed by atoms with Gasteiger partial charge in [0, 0.05) is 10.9 Å². The van der Waals surface area contributed by atoms with Crippen LogP contribution in [0.1, 0.15) is 19.4 Å². The van der Waals surface area contributed by atoms with Gasteiger partial charge in [-0.2, -0.15) is 0 Å². The van der Waals surface area contributed by atoms with Crippen molar-refractivity contribution in [3.05, 3.63) is 52.4 Å². The summed E-state index contributed by atoms with van der Waals surface area (Å²) in [5.74, 6) is 0.0541. The molecule has 0 bridgehead atoms. The minimum Gasteiger partial charge on any atom is -0.479 e. The van der Waals surface area contributed by atoms with Crippen molar-refractivity contribution in [1.82, 2.24) is 0 Å². The van der Waals surface area contributed by atoms with Crippen molar-refractivity contribution in [3.63, 3.8) is 0 Å². The van der Waals surface area contributed by atoms with Gasteiger partial charge in [0.15, 0.2) is 6.10 Å². The lowest BCUT2D eigenvalue weighted by atomic mass is 10.0. The van der Waals surface area contributed by atoms with Crippen molar-refractivity contribution < 1.29 is 18.7 Å². The van der Waals surface area contributed by atoms with Crippen molar-refractivity contribution in [1.29, 1.82) is 0 Å². The Balaban J connectivity index is 2.10. The van der Waals surface area contributed by atoms with Crippen molar-refractivity contribution in [2.75, 3.05) is 6.61 Å².